The molecule has 8 nitrogen and oxygen atoms in total. The number of benzene rings is 2. The number of nitro groups is 1. The van der Waals surface area contributed by atoms with Crippen molar-refractivity contribution in [3.05, 3.63) is 68.7 Å². The van der Waals surface area contributed by atoms with E-state index >= 15 is 0 Å². The van der Waals surface area contributed by atoms with Crippen molar-refractivity contribution < 1.29 is 19.2 Å². The summed E-state index contributed by atoms with van der Waals surface area (Å²) in [6, 6.07) is 12.0. The lowest BCUT2D eigenvalue weighted by Crippen LogP contribution is -2.26. The lowest BCUT2D eigenvalue weighted by atomic mass is 9.88. The largest absolute Gasteiger partial charge is 0.455 e. The highest BCUT2D eigenvalue weighted by atomic mass is 35.5. The van der Waals surface area contributed by atoms with E-state index in [0.29, 0.717) is 5.02 Å². The topological polar surface area (TPSA) is 122 Å². The highest BCUT2D eigenvalue weighted by molar-refractivity contribution is 6.30. The van der Waals surface area contributed by atoms with E-state index in [2.05, 4.69) is 5.32 Å². The quantitative estimate of drug-likeness (QED) is 0.413. The van der Waals surface area contributed by atoms with Crippen molar-refractivity contribution in [2.75, 3.05) is 11.9 Å². The summed E-state index contributed by atoms with van der Waals surface area (Å²) < 4.78 is 5.14. The van der Waals surface area contributed by atoms with E-state index in [0.717, 1.165) is 17.7 Å². The Labute approximate surface area is 172 Å². The van der Waals surface area contributed by atoms with Gasteiger partial charge in [-0.2, -0.15) is 5.26 Å². The third-order valence-corrected chi connectivity index (χ3v) is 4.36. The van der Waals surface area contributed by atoms with E-state index in [1.54, 1.807) is 30.3 Å². The first-order valence-electron chi connectivity index (χ1n) is 8.63. The molecule has 2 rings (SSSR count). The smallest absolute Gasteiger partial charge is 0.314 e. The molecule has 0 spiro atoms. The summed E-state index contributed by atoms with van der Waals surface area (Å²) in [5, 5.41) is 22.9. The van der Waals surface area contributed by atoms with E-state index in [-0.39, 0.29) is 22.9 Å². The fraction of sp³-hybridized carbons (Fsp3) is 0.250. The van der Waals surface area contributed by atoms with Crippen LogP contribution in [0.25, 0.3) is 0 Å². The van der Waals surface area contributed by atoms with E-state index in [1.165, 1.54) is 6.07 Å². The number of nitrogens with one attached hydrogen (secondary N) is 1. The Hall–Kier alpha value is -3.44. The van der Waals surface area contributed by atoms with Gasteiger partial charge in [0.25, 0.3) is 11.6 Å². The van der Waals surface area contributed by atoms with Crippen molar-refractivity contribution >= 4 is 34.9 Å². The van der Waals surface area contributed by atoms with Crippen LogP contribution in [0.1, 0.15) is 30.9 Å². The number of non-ortho nitro benzene ring substituents is 1. The molecule has 2 aromatic rings. The third-order valence-electron chi connectivity index (χ3n) is 4.10. The van der Waals surface area contributed by atoms with Crippen molar-refractivity contribution in [1.29, 1.82) is 5.26 Å². The number of carbonyl (C=O) groups is 2. The van der Waals surface area contributed by atoms with Gasteiger partial charge in [-0.15, -0.1) is 0 Å². The maximum Gasteiger partial charge on any atom is 0.314 e. The molecule has 0 radical (unpaired) electrons. The number of rotatable bonds is 7. The number of hydrogen-bond acceptors (Lipinski definition) is 6. The lowest BCUT2D eigenvalue weighted by Gasteiger charge is -2.20. The molecule has 9 heteroatoms. The minimum absolute atomic E-state index is 0.0694. The Balaban J connectivity index is 2.04. The zero-order valence-electron chi connectivity index (χ0n) is 15.7. The number of hydrogen-bond donors (Lipinski definition) is 1. The first-order valence-corrected chi connectivity index (χ1v) is 9.01. The third kappa shape index (κ3) is 5.77. The van der Waals surface area contributed by atoms with Gasteiger partial charge in [0.15, 0.2) is 6.61 Å². The SMILES string of the molecule is CC(C)[C@@H](C(=O)OCC(=O)Nc1ccc([N+](=O)[O-])cc1C#N)c1ccc(Cl)cc1. The summed E-state index contributed by atoms with van der Waals surface area (Å²) in [7, 11) is 0. The van der Waals surface area contributed by atoms with Crippen molar-refractivity contribution in [2.24, 2.45) is 5.92 Å². The molecule has 1 atom stereocenters. The van der Waals surface area contributed by atoms with Gasteiger partial charge < -0.3 is 10.1 Å². The van der Waals surface area contributed by atoms with Gasteiger partial charge in [0.2, 0.25) is 0 Å². The van der Waals surface area contributed by atoms with Gasteiger partial charge in [-0.05, 0) is 29.7 Å². The van der Waals surface area contributed by atoms with E-state index < -0.39 is 29.3 Å². The molecule has 0 aliphatic heterocycles. The van der Waals surface area contributed by atoms with Crippen molar-refractivity contribution in [3.63, 3.8) is 0 Å². The average molecular weight is 416 g/mol. The molecule has 0 heterocycles. The molecule has 150 valence electrons. The summed E-state index contributed by atoms with van der Waals surface area (Å²) in [6.07, 6.45) is 0. The van der Waals surface area contributed by atoms with Crippen LogP contribution in [-0.2, 0) is 14.3 Å². The molecule has 0 aliphatic rings. The Morgan fingerprint density at radius 2 is 1.90 bits per heavy atom. The zero-order valence-corrected chi connectivity index (χ0v) is 16.5. The first-order chi connectivity index (χ1) is 13.7. The molecule has 1 N–H and O–H groups in total. The highest BCUT2D eigenvalue weighted by Crippen LogP contribution is 2.27. The van der Waals surface area contributed by atoms with Crippen LogP contribution in [0.3, 0.4) is 0 Å². The maximum absolute atomic E-state index is 12.5. The van der Waals surface area contributed by atoms with Gasteiger partial charge >= 0.3 is 5.97 Å². The second-order valence-corrected chi connectivity index (χ2v) is 6.96. The molecule has 0 aromatic heterocycles. The summed E-state index contributed by atoms with van der Waals surface area (Å²) in [5.41, 5.74) is 0.475. The number of esters is 1. The van der Waals surface area contributed by atoms with Crippen LogP contribution >= 0.6 is 11.6 Å². The number of halogens is 1. The van der Waals surface area contributed by atoms with Crippen LogP contribution in [0.4, 0.5) is 11.4 Å². The predicted octanol–water partition coefficient (Wildman–Crippen LogP) is 4.04. The molecule has 29 heavy (non-hydrogen) atoms. The van der Waals surface area contributed by atoms with Crippen LogP contribution in [0, 0.1) is 27.4 Å². The van der Waals surface area contributed by atoms with Crippen LogP contribution in [0.5, 0.6) is 0 Å². The molecule has 0 saturated heterocycles. The summed E-state index contributed by atoms with van der Waals surface area (Å²) in [4.78, 5) is 34.8. The van der Waals surface area contributed by atoms with Gasteiger partial charge in [-0.1, -0.05) is 37.6 Å². The monoisotopic (exact) mass is 415 g/mol. The minimum atomic E-state index is -0.665. The normalized spacial score (nSPS) is 11.4. The van der Waals surface area contributed by atoms with Crippen molar-refractivity contribution in [3.8, 4) is 6.07 Å². The number of nitro benzene ring substituents is 1. The van der Waals surface area contributed by atoms with E-state index in [4.69, 9.17) is 21.6 Å². The second-order valence-electron chi connectivity index (χ2n) is 6.53. The van der Waals surface area contributed by atoms with Gasteiger partial charge in [0, 0.05) is 17.2 Å². The molecule has 0 bridgehead atoms. The highest BCUT2D eigenvalue weighted by Gasteiger charge is 2.26. The number of carbonyl (C=O) groups excluding carboxylic acids is 2. The van der Waals surface area contributed by atoms with Gasteiger partial charge in [0.05, 0.1) is 22.1 Å². The fourth-order valence-corrected chi connectivity index (χ4v) is 2.85. The lowest BCUT2D eigenvalue weighted by molar-refractivity contribution is -0.384. The zero-order chi connectivity index (χ0) is 21.6. The second kappa shape index (κ2) is 9.66. The molecule has 0 aliphatic carbocycles. The van der Waals surface area contributed by atoms with E-state index in [9.17, 15) is 19.7 Å². The number of nitrogens with zero attached hydrogens (tertiary/aromatic N) is 2. The number of anilines is 1. The van der Waals surface area contributed by atoms with Crippen LogP contribution in [0.15, 0.2) is 42.5 Å². The molecule has 0 fully saturated rings. The van der Waals surface area contributed by atoms with Gasteiger partial charge in [-0.25, -0.2) is 0 Å². The molecule has 0 saturated carbocycles. The molecular weight excluding hydrogens is 398 g/mol. The van der Waals surface area contributed by atoms with E-state index in [1.807, 2.05) is 13.8 Å². The summed E-state index contributed by atoms with van der Waals surface area (Å²) in [6.45, 7) is 3.16. The molecule has 2 aromatic carbocycles. The Bertz CT molecular complexity index is 967. The predicted molar refractivity (Wildman–Crippen MR) is 106 cm³/mol. The van der Waals surface area contributed by atoms with Crippen LogP contribution in [-0.4, -0.2) is 23.4 Å². The minimum Gasteiger partial charge on any atom is -0.455 e. The fourth-order valence-electron chi connectivity index (χ4n) is 2.72. The maximum atomic E-state index is 12.5. The molecular formula is C20H18ClN3O5. The number of amides is 1. The van der Waals surface area contributed by atoms with Gasteiger partial charge in [-0.3, -0.25) is 19.7 Å². The number of nitriles is 1. The molecule has 0 unspecified atom stereocenters. The molecule has 1 amide bonds. The summed E-state index contributed by atoms with van der Waals surface area (Å²) in [5.74, 6) is -1.88. The van der Waals surface area contributed by atoms with Crippen LogP contribution in [0.2, 0.25) is 5.02 Å². The van der Waals surface area contributed by atoms with Crippen LogP contribution < -0.4 is 5.32 Å². The number of ether oxygens (including phenoxy) is 1. The Kier molecular flexibility index (Phi) is 7.28. The Morgan fingerprint density at radius 1 is 1.24 bits per heavy atom. The first kappa shape index (κ1) is 21.9. The standard InChI is InChI=1S/C20H18ClN3O5/c1-12(2)19(13-3-5-15(21)6-4-13)20(26)29-11-18(25)23-17-8-7-16(24(27)28)9-14(17)10-22/h3-9,12,19H,11H2,1-2H3,(H,23,25)/t19-/m1/s1. The van der Waals surface area contributed by atoms with Crippen molar-refractivity contribution in [1.82, 2.24) is 0 Å². The average Bonchev–Trinajstić information content (AvgIpc) is 2.68. The summed E-state index contributed by atoms with van der Waals surface area (Å²) >= 11 is 5.88. The Morgan fingerprint density at radius 3 is 2.45 bits per heavy atom. The van der Waals surface area contributed by atoms with Crippen molar-refractivity contribution in [2.45, 2.75) is 19.8 Å². The van der Waals surface area contributed by atoms with Gasteiger partial charge in [0.1, 0.15) is 6.07 Å².